The Morgan fingerprint density at radius 1 is 1.33 bits per heavy atom. The maximum atomic E-state index is 12.6. The molecule has 1 aromatic heterocycles. The van der Waals surface area contributed by atoms with Gasteiger partial charge in [0.1, 0.15) is 5.76 Å². The van der Waals surface area contributed by atoms with E-state index < -0.39 is 0 Å². The van der Waals surface area contributed by atoms with Gasteiger partial charge in [0.05, 0.1) is 5.69 Å². The van der Waals surface area contributed by atoms with Crippen LogP contribution in [0.5, 0.6) is 0 Å². The SMILES string of the molecule is Cc1noc(C)c1CCC(=O)N1CCCCC1CNC(=O)CCN. The number of nitrogens with one attached hydrogen (secondary N) is 1. The molecular weight excluding hydrogens is 308 g/mol. The van der Waals surface area contributed by atoms with Gasteiger partial charge >= 0.3 is 0 Å². The maximum absolute atomic E-state index is 12.6. The maximum Gasteiger partial charge on any atom is 0.223 e. The van der Waals surface area contributed by atoms with Crippen molar-refractivity contribution in [1.82, 2.24) is 15.4 Å². The van der Waals surface area contributed by atoms with Gasteiger partial charge < -0.3 is 20.5 Å². The molecule has 0 radical (unpaired) electrons. The fraction of sp³-hybridized carbons (Fsp3) is 0.706. The Morgan fingerprint density at radius 2 is 2.12 bits per heavy atom. The molecule has 0 bridgehead atoms. The Labute approximate surface area is 142 Å². The highest BCUT2D eigenvalue weighted by Gasteiger charge is 2.27. The van der Waals surface area contributed by atoms with Crippen molar-refractivity contribution in [3.63, 3.8) is 0 Å². The van der Waals surface area contributed by atoms with E-state index in [0.29, 0.717) is 32.4 Å². The van der Waals surface area contributed by atoms with Gasteiger partial charge in [0.25, 0.3) is 0 Å². The van der Waals surface area contributed by atoms with E-state index in [9.17, 15) is 9.59 Å². The summed E-state index contributed by atoms with van der Waals surface area (Å²) in [5.41, 5.74) is 7.26. The van der Waals surface area contributed by atoms with E-state index in [1.807, 2.05) is 18.7 Å². The van der Waals surface area contributed by atoms with Crippen molar-refractivity contribution in [2.45, 2.75) is 58.4 Å². The minimum Gasteiger partial charge on any atom is -0.361 e. The van der Waals surface area contributed by atoms with Gasteiger partial charge in [0.2, 0.25) is 11.8 Å². The summed E-state index contributed by atoms with van der Waals surface area (Å²) in [6, 6.07) is 0.0812. The predicted molar refractivity (Wildman–Crippen MR) is 90.3 cm³/mol. The number of piperidine rings is 1. The molecule has 2 rings (SSSR count). The smallest absolute Gasteiger partial charge is 0.223 e. The van der Waals surface area contributed by atoms with Crippen LogP contribution in [0.2, 0.25) is 0 Å². The zero-order chi connectivity index (χ0) is 17.5. The number of hydrogen-bond donors (Lipinski definition) is 2. The average Bonchev–Trinajstić information content (AvgIpc) is 2.89. The summed E-state index contributed by atoms with van der Waals surface area (Å²) in [6.07, 6.45) is 4.45. The molecule has 1 unspecified atom stereocenters. The first-order valence-corrected chi connectivity index (χ1v) is 8.71. The number of carbonyl (C=O) groups is 2. The van der Waals surface area contributed by atoms with Gasteiger partial charge in [-0.3, -0.25) is 9.59 Å². The van der Waals surface area contributed by atoms with E-state index in [1.165, 1.54) is 0 Å². The van der Waals surface area contributed by atoms with Crippen LogP contribution in [-0.4, -0.2) is 47.5 Å². The third-order valence-corrected chi connectivity index (χ3v) is 4.62. The molecule has 1 aliphatic heterocycles. The molecule has 1 aliphatic rings. The summed E-state index contributed by atoms with van der Waals surface area (Å²) in [7, 11) is 0. The van der Waals surface area contributed by atoms with E-state index in [1.54, 1.807) is 0 Å². The first-order chi connectivity index (χ1) is 11.5. The van der Waals surface area contributed by atoms with Crippen LogP contribution in [0, 0.1) is 13.8 Å². The lowest BCUT2D eigenvalue weighted by Gasteiger charge is -2.36. The second-order valence-electron chi connectivity index (χ2n) is 6.38. The monoisotopic (exact) mass is 336 g/mol. The van der Waals surface area contributed by atoms with Gasteiger partial charge in [-0.05, 0) is 39.5 Å². The number of nitrogens with two attached hydrogens (primary N) is 1. The molecule has 7 nitrogen and oxygen atoms in total. The number of nitrogens with zero attached hydrogens (tertiary/aromatic N) is 2. The second kappa shape index (κ2) is 8.82. The van der Waals surface area contributed by atoms with Crippen LogP contribution in [0.4, 0.5) is 0 Å². The second-order valence-corrected chi connectivity index (χ2v) is 6.38. The fourth-order valence-corrected chi connectivity index (χ4v) is 3.23. The molecule has 2 heterocycles. The molecule has 1 fully saturated rings. The van der Waals surface area contributed by atoms with Crippen LogP contribution >= 0.6 is 0 Å². The van der Waals surface area contributed by atoms with Gasteiger partial charge in [-0.25, -0.2) is 0 Å². The highest BCUT2D eigenvalue weighted by atomic mass is 16.5. The summed E-state index contributed by atoms with van der Waals surface area (Å²) >= 11 is 0. The van der Waals surface area contributed by atoms with Crippen molar-refractivity contribution in [2.24, 2.45) is 5.73 Å². The summed E-state index contributed by atoms with van der Waals surface area (Å²) in [5.74, 6) is 0.864. The molecule has 134 valence electrons. The number of hydrogen-bond acceptors (Lipinski definition) is 5. The number of aryl methyl sites for hydroxylation is 2. The molecule has 24 heavy (non-hydrogen) atoms. The third-order valence-electron chi connectivity index (χ3n) is 4.62. The molecule has 0 spiro atoms. The highest BCUT2D eigenvalue weighted by molar-refractivity contribution is 5.78. The molecule has 7 heteroatoms. The van der Waals surface area contributed by atoms with Gasteiger partial charge in [0, 0.05) is 44.1 Å². The third kappa shape index (κ3) is 4.80. The average molecular weight is 336 g/mol. The topological polar surface area (TPSA) is 101 Å². The number of likely N-dealkylation sites (tertiary alicyclic amines) is 1. The molecule has 2 amide bonds. The van der Waals surface area contributed by atoms with E-state index in [4.69, 9.17) is 10.3 Å². The van der Waals surface area contributed by atoms with Crippen molar-refractivity contribution >= 4 is 11.8 Å². The van der Waals surface area contributed by atoms with Crippen LogP contribution in [0.1, 0.15) is 49.1 Å². The van der Waals surface area contributed by atoms with E-state index in [2.05, 4.69) is 10.5 Å². The summed E-state index contributed by atoms with van der Waals surface area (Å²) < 4.78 is 5.15. The van der Waals surface area contributed by atoms with Crippen molar-refractivity contribution in [3.05, 3.63) is 17.0 Å². The molecule has 0 aromatic carbocycles. The molecule has 1 aromatic rings. The van der Waals surface area contributed by atoms with Crippen LogP contribution in [0.25, 0.3) is 0 Å². The first-order valence-electron chi connectivity index (χ1n) is 8.71. The number of amides is 2. The zero-order valence-electron chi connectivity index (χ0n) is 14.6. The zero-order valence-corrected chi connectivity index (χ0v) is 14.6. The van der Waals surface area contributed by atoms with Crippen molar-refractivity contribution in [3.8, 4) is 0 Å². The van der Waals surface area contributed by atoms with Crippen molar-refractivity contribution in [1.29, 1.82) is 0 Å². The van der Waals surface area contributed by atoms with E-state index in [0.717, 1.165) is 42.8 Å². The lowest BCUT2D eigenvalue weighted by Crippen LogP contribution is -2.49. The van der Waals surface area contributed by atoms with E-state index >= 15 is 0 Å². The fourth-order valence-electron chi connectivity index (χ4n) is 3.23. The number of rotatable bonds is 7. The number of aromatic nitrogens is 1. The molecular formula is C17H28N4O3. The standard InChI is InChI=1S/C17H28N4O3/c1-12-15(13(2)24-20-12)6-7-17(23)21-10-4-3-5-14(21)11-19-16(22)8-9-18/h14H,3-11,18H2,1-2H3,(H,19,22). The van der Waals surface area contributed by atoms with Gasteiger partial charge in [0.15, 0.2) is 0 Å². The highest BCUT2D eigenvalue weighted by Crippen LogP contribution is 2.20. The summed E-state index contributed by atoms with van der Waals surface area (Å²) in [4.78, 5) is 26.2. The minimum atomic E-state index is -0.0498. The Bertz CT molecular complexity index is 551. The number of carbonyl (C=O) groups excluding carboxylic acids is 2. The van der Waals surface area contributed by atoms with Crippen LogP contribution in [-0.2, 0) is 16.0 Å². The van der Waals surface area contributed by atoms with E-state index in [-0.39, 0.29) is 17.9 Å². The normalized spacial score (nSPS) is 17.8. The van der Waals surface area contributed by atoms with Crippen molar-refractivity contribution < 1.29 is 14.1 Å². The lowest BCUT2D eigenvalue weighted by atomic mass is 10.00. The Kier molecular flexibility index (Phi) is 6.78. The Hall–Kier alpha value is -1.89. The predicted octanol–water partition coefficient (Wildman–Crippen LogP) is 1.07. The van der Waals surface area contributed by atoms with Gasteiger partial charge in [-0.1, -0.05) is 5.16 Å². The molecule has 1 saturated heterocycles. The van der Waals surface area contributed by atoms with Crippen LogP contribution in [0.15, 0.2) is 4.52 Å². The first kappa shape index (κ1) is 18.4. The van der Waals surface area contributed by atoms with Crippen molar-refractivity contribution in [2.75, 3.05) is 19.6 Å². The molecule has 0 saturated carbocycles. The molecule has 3 N–H and O–H groups in total. The Morgan fingerprint density at radius 3 is 2.79 bits per heavy atom. The lowest BCUT2D eigenvalue weighted by molar-refractivity contribution is -0.135. The summed E-state index contributed by atoms with van der Waals surface area (Å²) in [5, 5.41) is 6.82. The summed E-state index contributed by atoms with van der Waals surface area (Å²) in [6.45, 7) is 5.38. The Balaban J connectivity index is 1.89. The van der Waals surface area contributed by atoms with Crippen LogP contribution in [0.3, 0.4) is 0 Å². The van der Waals surface area contributed by atoms with Gasteiger partial charge in [-0.15, -0.1) is 0 Å². The minimum absolute atomic E-state index is 0.0498. The van der Waals surface area contributed by atoms with Crippen LogP contribution < -0.4 is 11.1 Å². The van der Waals surface area contributed by atoms with Gasteiger partial charge in [-0.2, -0.15) is 0 Å². The quantitative estimate of drug-likeness (QED) is 0.775. The molecule has 0 aliphatic carbocycles. The largest absolute Gasteiger partial charge is 0.361 e. The molecule has 1 atom stereocenters.